The summed E-state index contributed by atoms with van der Waals surface area (Å²) in [6, 6.07) is 35.2. The molecule has 1 heterocycles. The van der Waals surface area contributed by atoms with Gasteiger partial charge in [-0.2, -0.15) is 18.6 Å². The molecule has 0 unspecified atom stereocenters. The van der Waals surface area contributed by atoms with Crippen LogP contribution in [0.25, 0.3) is 28.2 Å². The van der Waals surface area contributed by atoms with Gasteiger partial charge in [0.25, 0.3) is 10.0 Å². The minimum atomic E-state index is -4.00. The van der Waals surface area contributed by atoms with E-state index in [1.807, 2.05) is 95.7 Å². The Labute approximate surface area is 219 Å². The predicted molar refractivity (Wildman–Crippen MR) is 148 cm³/mol. The van der Waals surface area contributed by atoms with Crippen molar-refractivity contribution in [1.82, 2.24) is 9.78 Å². The van der Waals surface area contributed by atoms with Crippen molar-refractivity contribution in [3.8, 4) is 28.2 Å². The highest BCUT2D eigenvalue weighted by Crippen LogP contribution is 2.41. The average Bonchev–Trinajstić information content (AvgIpc) is 3.32. The van der Waals surface area contributed by atoms with Crippen LogP contribution >= 0.6 is 0 Å². The SMILES string of the molecule is NC(N)=NS(=O)(=O)c1ccc(N=Nc2c(-c3ccccc3)nn(-c3ccccc3)c2-c2ccccc2)cc1. The van der Waals surface area contributed by atoms with E-state index in [0.717, 1.165) is 22.5 Å². The first kappa shape index (κ1) is 24.6. The van der Waals surface area contributed by atoms with Gasteiger partial charge in [0.15, 0.2) is 0 Å². The van der Waals surface area contributed by atoms with Gasteiger partial charge in [-0.1, -0.05) is 78.9 Å². The Balaban J connectivity index is 1.66. The molecule has 1 aromatic heterocycles. The number of hydrogen-bond acceptors (Lipinski definition) is 5. The number of sulfonamides is 1. The summed E-state index contributed by atoms with van der Waals surface area (Å²) >= 11 is 0. The van der Waals surface area contributed by atoms with Crippen molar-refractivity contribution in [3.05, 3.63) is 115 Å². The number of nitrogens with two attached hydrogens (primary N) is 2. The van der Waals surface area contributed by atoms with Crippen LogP contribution in [0.3, 0.4) is 0 Å². The molecule has 5 rings (SSSR count). The molecule has 0 amide bonds. The summed E-state index contributed by atoms with van der Waals surface area (Å²) in [7, 11) is -4.00. The first-order chi connectivity index (χ1) is 18.4. The van der Waals surface area contributed by atoms with Crippen LogP contribution in [0.5, 0.6) is 0 Å². The standard InChI is InChI=1S/C28H23N7O2S/c29-28(30)34-38(36,37)24-18-16-22(17-19-24)31-32-26-25(20-10-4-1-5-11-20)33-35(23-14-8-3-9-15-23)27(26)21-12-6-2-7-13-21/h1-19H,(H4,29,30,34). The van der Waals surface area contributed by atoms with Crippen LogP contribution in [0, 0.1) is 0 Å². The monoisotopic (exact) mass is 521 g/mol. The fraction of sp³-hybridized carbons (Fsp3) is 0. The highest BCUT2D eigenvalue weighted by molar-refractivity contribution is 7.90. The number of azo groups is 1. The van der Waals surface area contributed by atoms with Crippen molar-refractivity contribution in [1.29, 1.82) is 0 Å². The van der Waals surface area contributed by atoms with Gasteiger partial charge in [-0.25, -0.2) is 4.68 Å². The maximum absolute atomic E-state index is 12.3. The third-order valence-corrected chi connectivity index (χ3v) is 6.90. The summed E-state index contributed by atoms with van der Waals surface area (Å²) in [5.41, 5.74) is 15.6. The van der Waals surface area contributed by atoms with Crippen molar-refractivity contribution < 1.29 is 8.42 Å². The van der Waals surface area contributed by atoms with Gasteiger partial charge in [-0.15, -0.1) is 9.51 Å². The lowest BCUT2D eigenvalue weighted by Gasteiger charge is -2.08. The zero-order valence-corrected chi connectivity index (χ0v) is 20.9. The number of aromatic nitrogens is 2. The maximum Gasteiger partial charge on any atom is 0.285 e. The summed E-state index contributed by atoms with van der Waals surface area (Å²) in [5, 5.41) is 14.0. The molecule has 0 saturated heterocycles. The third kappa shape index (κ3) is 5.20. The van der Waals surface area contributed by atoms with Crippen molar-refractivity contribution in [2.45, 2.75) is 4.90 Å². The lowest BCUT2D eigenvalue weighted by molar-refractivity contribution is 0.598. The van der Waals surface area contributed by atoms with E-state index >= 15 is 0 Å². The van der Waals surface area contributed by atoms with Crippen LogP contribution in [-0.2, 0) is 10.0 Å². The number of benzene rings is 4. The largest absolute Gasteiger partial charge is 0.369 e. The van der Waals surface area contributed by atoms with Crippen LogP contribution in [0.1, 0.15) is 0 Å². The van der Waals surface area contributed by atoms with Crippen LogP contribution in [0.15, 0.2) is 135 Å². The average molecular weight is 522 g/mol. The molecule has 4 N–H and O–H groups in total. The molecule has 188 valence electrons. The molecule has 10 heteroatoms. The highest BCUT2D eigenvalue weighted by Gasteiger charge is 2.22. The number of rotatable bonds is 7. The molecule has 0 aliphatic heterocycles. The first-order valence-electron chi connectivity index (χ1n) is 11.6. The van der Waals surface area contributed by atoms with Gasteiger partial charge < -0.3 is 11.5 Å². The van der Waals surface area contributed by atoms with Crippen molar-refractivity contribution in [2.75, 3.05) is 0 Å². The fourth-order valence-electron chi connectivity index (χ4n) is 3.89. The minimum Gasteiger partial charge on any atom is -0.369 e. The van der Waals surface area contributed by atoms with Gasteiger partial charge in [0.1, 0.15) is 17.1 Å². The van der Waals surface area contributed by atoms with Gasteiger partial charge in [-0.05, 0) is 36.4 Å². The maximum atomic E-state index is 12.3. The topological polar surface area (TPSA) is 141 Å². The van der Waals surface area contributed by atoms with Gasteiger partial charge in [-0.3, -0.25) is 0 Å². The summed E-state index contributed by atoms with van der Waals surface area (Å²) in [5.74, 6) is -0.536. The number of guanidine groups is 1. The molecule has 38 heavy (non-hydrogen) atoms. The molecule has 0 aliphatic rings. The zero-order chi connectivity index (χ0) is 26.5. The normalized spacial score (nSPS) is 11.5. The molecule has 0 saturated carbocycles. The van der Waals surface area contributed by atoms with E-state index in [1.54, 1.807) is 0 Å². The van der Waals surface area contributed by atoms with Crippen LogP contribution in [-0.4, -0.2) is 24.2 Å². The number of hydrogen-bond donors (Lipinski definition) is 2. The zero-order valence-electron chi connectivity index (χ0n) is 20.1. The van der Waals surface area contributed by atoms with E-state index in [4.69, 9.17) is 16.6 Å². The van der Waals surface area contributed by atoms with E-state index in [-0.39, 0.29) is 4.90 Å². The molecular formula is C28H23N7O2S. The second kappa shape index (κ2) is 10.5. The van der Waals surface area contributed by atoms with Crippen LogP contribution in [0.4, 0.5) is 11.4 Å². The molecule has 5 aromatic rings. The second-order valence-electron chi connectivity index (χ2n) is 8.21. The Hall–Kier alpha value is -5.09. The van der Waals surface area contributed by atoms with E-state index in [2.05, 4.69) is 14.6 Å². The molecule has 9 nitrogen and oxygen atoms in total. The fourth-order valence-corrected chi connectivity index (χ4v) is 4.75. The van der Waals surface area contributed by atoms with Crippen LogP contribution < -0.4 is 11.5 Å². The van der Waals surface area contributed by atoms with Gasteiger partial charge in [0.05, 0.1) is 16.3 Å². The molecule has 0 radical (unpaired) electrons. The van der Waals surface area contributed by atoms with E-state index in [0.29, 0.717) is 17.1 Å². The first-order valence-corrected chi connectivity index (χ1v) is 13.0. The summed E-state index contributed by atoms with van der Waals surface area (Å²) < 4.78 is 29.7. The smallest absolute Gasteiger partial charge is 0.285 e. The quantitative estimate of drug-likeness (QED) is 0.163. The molecular weight excluding hydrogens is 498 g/mol. The summed E-state index contributed by atoms with van der Waals surface area (Å²) in [4.78, 5) is -0.0586. The van der Waals surface area contributed by atoms with E-state index in [1.165, 1.54) is 24.3 Å². The molecule has 0 atom stereocenters. The van der Waals surface area contributed by atoms with E-state index in [9.17, 15) is 8.42 Å². The second-order valence-corrected chi connectivity index (χ2v) is 9.81. The predicted octanol–water partition coefficient (Wildman–Crippen LogP) is 5.58. The van der Waals surface area contributed by atoms with Crippen molar-refractivity contribution in [2.24, 2.45) is 26.1 Å². The molecule has 0 fully saturated rings. The van der Waals surface area contributed by atoms with Gasteiger partial charge >= 0.3 is 0 Å². The lowest BCUT2D eigenvalue weighted by atomic mass is 10.1. The van der Waals surface area contributed by atoms with E-state index < -0.39 is 16.0 Å². The van der Waals surface area contributed by atoms with Crippen LogP contribution in [0.2, 0.25) is 0 Å². The highest BCUT2D eigenvalue weighted by atomic mass is 32.2. The Morgan fingerprint density at radius 3 is 1.82 bits per heavy atom. The minimum absolute atomic E-state index is 0.0586. The Kier molecular flexibility index (Phi) is 6.79. The van der Waals surface area contributed by atoms with Gasteiger partial charge in [0, 0.05) is 11.1 Å². The summed E-state index contributed by atoms with van der Waals surface area (Å²) in [6.45, 7) is 0. The third-order valence-electron chi connectivity index (χ3n) is 5.58. The molecule has 4 aromatic carbocycles. The summed E-state index contributed by atoms with van der Waals surface area (Å²) in [6.07, 6.45) is 0. The Morgan fingerprint density at radius 2 is 1.24 bits per heavy atom. The molecule has 0 bridgehead atoms. The molecule has 0 aliphatic carbocycles. The Morgan fingerprint density at radius 1 is 0.684 bits per heavy atom. The number of nitrogens with zero attached hydrogens (tertiary/aromatic N) is 5. The van der Waals surface area contributed by atoms with Crippen molar-refractivity contribution >= 4 is 27.4 Å². The number of para-hydroxylation sites is 1. The lowest BCUT2D eigenvalue weighted by Crippen LogP contribution is -2.24. The van der Waals surface area contributed by atoms with Crippen molar-refractivity contribution in [3.63, 3.8) is 0 Å². The Bertz CT molecular complexity index is 1710. The molecule has 0 spiro atoms. The van der Waals surface area contributed by atoms with Gasteiger partial charge in [0.2, 0.25) is 5.96 Å².